The number of rotatable bonds is 5. The van der Waals surface area contributed by atoms with Crippen molar-refractivity contribution in [2.75, 3.05) is 20.8 Å². The summed E-state index contributed by atoms with van der Waals surface area (Å²) in [5.74, 6) is 1.74. The molecule has 0 heterocycles. The van der Waals surface area contributed by atoms with Crippen molar-refractivity contribution in [3.8, 4) is 11.5 Å². The van der Waals surface area contributed by atoms with Gasteiger partial charge in [0.05, 0.1) is 19.2 Å². The van der Waals surface area contributed by atoms with E-state index in [9.17, 15) is 0 Å². The van der Waals surface area contributed by atoms with Crippen molar-refractivity contribution in [1.82, 2.24) is 0 Å². The van der Waals surface area contributed by atoms with E-state index in [1.54, 1.807) is 14.2 Å². The Kier molecular flexibility index (Phi) is 4.90. The second kappa shape index (κ2) is 5.97. The number of benzene rings is 1. The van der Waals surface area contributed by atoms with Crippen LogP contribution in [0.5, 0.6) is 11.5 Å². The summed E-state index contributed by atoms with van der Waals surface area (Å²) < 4.78 is 10.5. The van der Waals surface area contributed by atoms with E-state index < -0.39 is 0 Å². The molecule has 90 valence electrons. The van der Waals surface area contributed by atoms with Crippen LogP contribution < -0.4 is 15.2 Å². The molecule has 1 aromatic rings. The molecule has 2 N–H and O–H groups in total. The molecule has 0 saturated heterocycles. The molecular formula is C12H18ClNO2. The lowest BCUT2D eigenvalue weighted by Crippen LogP contribution is -2.06. The number of hydrogen-bond acceptors (Lipinski definition) is 3. The third kappa shape index (κ3) is 2.80. The highest BCUT2D eigenvalue weighted by molar-refractivity contribution is 6.32. The van der Waals surface area contributed by atoms with Crippen molar-refractivity contribution in [1.29, 1.82) is 0 Å². The normalized spacial score (nSPS) is 12.3. The van der Waals surface area contributed by atoms with Crippen LogP contribution in [0, 0.1) is 0 Å². The average Bonchev–Trinajstić information content (AvgIpc) is 2.29. The summed E-state index contributed by atoms with van der Waals surface area (Å²) in [6, 6.07) is 3.70. The first-order valence-corrected chi connectivity index (χ1v) is 5.63. The highest BCUT2D eigenvalue weighted by atomic mass is 35.5. The third-order valence-corrected chi connectivity index (χ3v) is 2.93. The van der Waals surface area contributed by atoms with Crippen LogP contribution >= 0.6 is 11.6 Å². The fraction of sp³-hybridized carbons (Fsp3) is 0.500. The first-order valence-electron chi connectivity index (χ1n) is 5.25. The molecule has 0 fully saturated rings. The Labute approximate surface area is 101 Å². The van der Waals surface area contributed by atoms with Gasteiger partial charge in [-0.3, -0.25) is 0 Å². The Morgan fingerprint density at radius 1 is 1.25 bits per heavy atom. The van der Waals surface area contributed by atoms with Crippen LogP contribution in [0.1, 0.15) is 24.8 Å². The molecule has 1 unspecified atom stereocenters. The number of methoxy groups -OCH3 is 2. The first kappa shape index (κ1) is 13.1. The van der Waals surface area contributed by atoms with Gasteiger partial charge in [-0.05, 0) is 30.5 Å². The van der Waals surface area contributed by atoms with E-state index >= 15 is 0 Å². The zero-order valence-electron chi connectivity index (χ0n) is 9.92. The van der Waals surface area contributed by atoms with E-state index in [0.29, 0.717) is 23.2 Å². The molecule has 4 heteroatoms. The van der Waals surface area contributed by atoms with Crippen LogP contribution in [0.25, 0.3) is 0 Å². The zero-order chi connectivity index (χ0) is 12.1. The van der Waals surface area contributed by atoms with Gasteiger partial charge in [0, 0.05) is 6.07 Å². The predicted octanol–water partition coefficient (Wildman–Crippen LogP) is 2.81. The van der Waals surface area contributed by atoms with E-state index in [0.717, 1.165) is 17.7 Å². The second-order valence-electron chi connectivity index (χ2n) is 3.71. The summed E-state index contributed by atoms with van der Waals surface area (Å²) in [6.45, 7) is 2.75. The largest absolute Gasteiger partial charge is 0.496 e. The molecule has 3 nitrogen and oxygen atoms in total. The number of hydrogen-bond donors (Lipinski definition) is 1. The Balaban J connectivity index is 3.12. The quantitative estimate of drug-likeness (QED) is 0.865. The Hall–Kier alpha value is -0.930. The van der Waals surface area contributed by atoms with Gasteiger partial charge in [-0.25, -0.2) is 0 Å². The molecule has 0 radical (unpaired) electrons. The van der Waals surface area contributed by atoms with Crippen molar-refractivity contribution in [3.05, 3.63) is 22.7 Å². The van der Waals surface area contributed by atoms with Crippen LogP contribution in [0.15, 0.2) is 12.1 Å². The molecule has 1 atom stereocenters. The van der Waals surface area contributed by atoms with E-state index in [2.05, 4.69) is 6.92 Å². The fourth-order valence-corrected chi connectivity index (χ4v) is 1.92. The van der Waals surface area contributed by atoms with E-state index in [-0.39, 0.29) is 0 Å². The summed E-state index contributed by atoms with van der Waals surface area (Å²) in [5.41, 5.74) is 6.62. The molecule has 1 rings (SSSR count). The maximum absolute atomic E-state index is 6.09. The highest BCUT2D eigenvalue weighted by Gasteiger charge is 2.14. The summed E-state index contributed by atoms with van der Waals surface area (Å²) in [7, 11) is 3.23. The lowest BCUT2D eigenvalue weighted by atomic mass is 9.96. The molecule has 0 aliphatic carbocycles. The van der Waals surface area contributed by atoms with Crippen LogP contribution in [0.2, 0.25) is 5.02 Å². The van der Waals surface area contributed by atoms with Gasteiger partial charge in [-0.1, -0.05) is 18.5 Å². The molecule has 0 aliphatic heterocycles. The molecule has 0 amide bonds. The van der Waals surface area contributed by atoms with Crippen molar-refractivity contribution >= 4 is 11.6 Å². The molecule has 0 spiro atoms. The van der Waals surface area contributed by atoms with Gasteiger partial charge in [0.15, 0.2) is 0 Å². The fourth-order valence-electron chi connectivity index (χ4n) is 1.67. The lowest BCUT2D eigenvalue weighted by molar-refractivity contribution is 0.388. The summed E-state index contributed by atoms with van der Waals surface area (Å²) in [4.78, 5) is 0. The molecule has 16 heavy (non-hydrogen) atoms. The van der Waals surface area contributed by atoms with Crippen molar-refractivity contribution < 1.29 is 9.47 Å². The van der Waals surface area contributed by atoms with Crippen LogP contribution in [0.4, 0.5) is 0 Å². The number of halogens is 1. The number of ether oxygens (including phenoxy) is 2. The van der Waals surface area contributed by atoms with Crippen LogP contribution in [0.3, 0.4) is 0 Å². The van der Waals surface area contributed by atoms with Gasteiger partial charge in [-0.2, -0.15) is 0 Å². The van der Waals surface area contributed by atoms with Crippen molar-refractivity contribution in [3.63, 3.8) is 0 Å². The molecule has 0 bridgehead atoms. The third-order valence-electron chi connectivity index (χ3n) is 2.63. The molecule has 0 aromatic heterocycles. The minimum atomic E-state index is 0.323. The molecule has 0 aliphatic rings. The van der Waals surface area contributed by atoms with Gasteiger partial charge < -0.3 is 15.2 Å². The maximum atomic E-state index is 6.09. The van der Waals surface area contributed by atoms with E-state index in [1.807, 2.05) is 12.1 Å². The average molecular weight is 244 g/mol. The topological polar surface area (TPSA) is 44.5 Å². The minimum absolute atomic E-state index is 0.323. The highest BCUT2D eigenvalue weighted by Crippen LogP contribution is 2.37. The second-order valence-corrected chi connectivity index (χ2v) is 4.11. The minimum Gasteiger partial charge on any atom is -0.496 e. The SMILES string of the molecule is COc1cc(OC)c(C(C)CCN)cc1Cl. The molecule has 0 saturated carbocycles. The van der Waals surface area contributed by atoms with Gasteiger partial charge in [0.1, 0.15) is 11.5 Å². The molecular weight excluding hydrogens is 226 g/mol. The van der Waals surface area contributed by atoms with Crippen LogP contribution in [-0.4, -0.2) is 20.8 Å². The van der Waals surface area contributed by atoms with Crippen molar-refractivity contribution in [2.45, 2.75) is 19.3 Å². The summed E-state index contributed by atoms with van der Waals surface area (Å²) in [5, 5.41) is 0.599. The predicted molar refractivity (Wildman–Crippen MR) is 66.6 cm³/mol. The van der Waals surface area contributed by atoms with Crippen LogP contribution in [-0.2, 0) is 0 Å². The summed E-state index contributed by atoms with van der Waals surface area (Å²) in [6.07, 6.45) is 0.902. The smallest absolute Gasteiger partial charge is 0.141 e. The zero-order valence-corrected chi connectivity index (χ0v) is 10.7. The Bertz CT molecular complexity index is 355. The van der Waals surface area contributed by atoms with Gasteiger partial charge in [0.25, 0.3) is 0 Å². The summed E-state index contributed by atoms with van der Waals surface area (Å²) >= 11 is 6.09. The van der Waals surface area contributed by atoms with Gasteiger partial charge in [0.2, 0.25) is 0 Å². The van der Waals surface area contributed by atoms with Gasteiger partial charge >= 0.3 is 0 Å². The lowest BCUT2D eigenvalue weighted by Gasteiger charge is -2.16. The van der Waals surface area contributed by atoms with E-state index in [1.165, 1.54) is 0 Å². The van der Waals surface area contributed by atoms with Crippen molar-refractivity contribution in [2.24, 2.45) is 5.73 Å². The Morgan fingerprint density at radius 2 is 1.88 bits per heavy atom. The van der Waals surface area contributed by atoms with Gasteiger partial charge in [-0.15, -0.1) is 0 Å². The van der Waals surface area contributed by atoms with E-state index in [4.69, 9.17) is 26.8 Å². The number of nitrogens with two attached hydrogens (primary N) is 1. The maximum Gasteiger partial charge on any atom is 0.141 e. The monoisotopic (exact) mass is 243 g/mol. The first-order chi connectivity index (χ1) is 7.63. The standard InChI is InChI=1S/C12H18ClNO2/c1-8(4-5-14)9-6-10(13)12(16-3)7-11(9)15-2/h6-8H,4-5,14H2,1-3H3. The molecule has 1 aromatic carbocycles. The Morgan fingerprint density at radius 3 is 2.38 bits per heavy atom.